The van der Waals surface area contributed by atoms with Gasteiger partial charge < -0.3 is 14.5 Å². The van der Waals surface area contributed by atoms with Crippen LogP contribution in [0.2, 0.25) is 0 Å². The van der Waals surface area contributed by atoms with Crippen molar-refractivity contribution in [1.82, 2.24) is 9.80 Å². The molecule has 2 heterocycles. The van der Waals surface area contributed by atoms with E-state index < -0.39 is 0 Å². The number of carbonyl (C=O) groups is 1. The minimum absolute atomic E-state index is 0.153. The molecule has 0 bridgehead atoms. The Morgan fingerprint density at radius 1 is 1.00 bits per heavy atom. The fourth-order valence-corrected chi connectivity index (χ4v) is 3.63. The molecule has 1 aromatic rings. The quantitative estimate of drug-likeness (QED) is 0.861. The monoisotopic (exact) mass is 302 g/mol. The molecule has 2 aliphatic heterocycles. The van der Waals surface area contributed by atoms with Crippen molar-refractivity contribution < 1.29 is 9.53 Å². The zero-order valence-electron chi connectivity index (χ0n) is 13.5. The summed E-state index contributed by atoms with van der Waals surface area (Å²) in [5.41, 5.74) is 0.761. The summed E-state index contributed by atoms with van der Waals surface area (Å²) >= 11 is 0. The zero-order valence-corrected chi connectivity index (χ0v) is 13.5. The second kappa shape index (κ2) is 7.14. The molecule has 0 saturated carbocycles. The van der Waals surface area contributed by atoms with Gasteiger partial charge in [0.2, 0.25) is 0 Å². The molecule has 0 atom stereocenters. The molecule has 120 valence electrons. The van der Waals surface area contributed by atoms with Crippen LogP contribution >= 0.6 is 0 Å². The van der Waals surface area contributed by atoms with E-state index in [0.717, 1.165) is 37.2 Å². The third-order valence-electron chi connectivity index (χ3n) is 5.00. The summed E-state index contributed by atoms with van der Waals surface area (Å²) in [7, 11) is 1.64. The molecule has 2 aliphatic rings. The minimum atomic E-state index is 0.153. The number of piperidine rings is 2. The molecule has 0 N–H and O–H groups in total. The van der Waals surface area contributed by atoms with Crippen molar-refractivity contribution in [2.24, 2.45) is 0 Å². The Kier molecular flexibility index (Phi) is 4.98. The smallest absolute Gasteiger partial charge is 0.253 e. The molecule has 0 spiro atoms. The molecular formula is C18H26N2O2. The molecule has 1 amide bonds. The fourth-order valence-electron chi connectivity index (χ4n) is 3.63. The number of rotatable bonds is 3. The van der Waals surface area contributed by atoms with Crippen molar-refractivity contribution in [2.45, 2.75) is 38.1 Å². The van der Waals surface area contributed by atoms with Crippen molar-refractivity contribution in [3.8, 4) is 5.75 Å². The Bertz CT molecular complexity index is 486. The van der Waals surface area contributed by atoms with Crippen molar-refractivity contribution in [2.75, 3.05) is 33.3 Å². The third-order valence-corrected chi connectivity index (χ3v) is 5.00. The van der Waals surface area contributed by atoms with Crippen LogP contribution in [0.3, 0.4) is 0 Å². The number of hydrogen-bond acceptors (Lipinski definition) is 3. The number of nitrogens with zero attached hydrogens (tertiary/aromatic N) is 2. The minimum Gasteiger partial charge on any atom is -0.497 e. The van der Waals surface area contributed by atoms with Gasteiger partial charge in [0.05, 0.1) is 7.11 Å². The molecule has 0 aliphatic carbocycles. The van der Waals surface area contributed by atoms with Gasteiger partial charge in [0.15, 0.2) is 0 Å². The first-order chi connectivity index (χ1) is 10.8. The topological polar surface area (TPSA) is 32.8 Å². The normalized spacial score (nSPS) is 20.9. The van der Waals surface area contributed by atoms with E-state index in [-0.39, 0.29) is 5.91 Å². The van der Waals surface area contributed by atoms with Gasteiger partial charge in [-0.15, -0.1) is 0 Å². The third kappa shape index (κ3) is 3.43. The maximum atomic E-state index is 12.6. The Hall–Kier alpha value is -1.55. The zero-order chi connectivity index (χ0) is 15.4. The SMILES string of the molecule is COc1ccc(C(=O)N2CCC(N3CCCCC3)CC2)cc1. The highest BCUT2D eigenvalue weighted by Gasteiger charge is 2.27. The van der Waals surface area contributed by atoms with E-state index in [9.17, 15) is 4.79 Å². The lowest BCUT2D eigenvalue weighted by atomic mass is 9.99. The van der Waals surface area contributed by atoms with Crippen LogP contribution in [0.15, 0.2) is 24.3 Å². The van der Waals surface area contributed by atoms with Crippen LogP contribution in [0.4, 0.5) is 0 Å². The molecule has 0 aromatic heterocycles. The predicted octanol–water partition coefficient (Wildman–Crippen LogP) is 2.79. The summed E-state index contributed by atoms with van der Waals surface area (Å²) in [5.74, 6) is 0.945. The molecular weight excluding hydrogens is 276 g/mol. The number of ether oxygens (including phenoxy) is 1. The van der Waals surface area contributed by atoms with Gasteiger partial charge in [-0.3, -0.25) is 4.79 Å². The van der Waals surface area contributed by atoms with E-state index in [2.05, 4.69) is 4.90 Å². The molecule has 0 radical (unpaired) electrons. The first-order valence-corrected chi connectivity index (χ1v) is 8.45. The Balaban J connectivity index is 1.54. The van der Waals surface area contributed by atoms with Gasteiger partial charge >= 0.3 is 0 Å². The van der Waals surface area contributed by atoms with E-state index in [4.69, 9.17) is 4.74 Å². The van der Waals surface area contributed by atoms with Gasteiger partial charge in [0.25, 0.3) is 5.91 Å². The molecule has 2 fully saturated rings. The number of benzene rings is 1. The lowest BCUT2D eigenvalue weighted by Gasteiger charge is -2.40. The van der Waals surface area contributed by atoms with Gasteiger partial charge in [-0.05, 0) is 63.0 Å². The Morgan fingerprint density at radius 3 is 2.23 bits per heavy atom. The summed E-state index contributed by atoms with van der Waals surface area (Å²) < 4.78 is 5.15. The van der Waals surface area contributed by atoms with Crippen LogP contribution in [0, 0.1) is 0 Å². The standard InChI is InChI=1S/C18H26N2O2/c1-22-17-7-5-15(6-8-17)18(21)20-13-9-16(10-14-20)19-11-3-2-4-12-19/h5-8,16H,2-4,9-14H2,1H3. The highest BCUT2D eigenvalue weighted by atomic mass is 16.5. The first kappa shape index (κ1) is 15.3. The lowest BCUT2D eigenvalue weighted by molar-refractivity contribution is 0.0590. The lowest BCUT2D eigenvalue weighted by Crippen LogP contribution is -2.48. The van der Waals surface area contributed by atoms with Gasteiger partial charge in [0, 0.05) is 24.7 Å². The van der Waals surface area contributed by atoms with Crippen molar-refractivity contribution >= 4 is 5.91 Å². The van der Waals surface area contributed by atoms with Crippen molar-refractivity contribution in [3.05, 3.63) is 29.8 Å². The van der Waals surface area contributed by atoms with E-state index >= 15 is 0 Å². The summed E-state index contributed by atoms with van der Waals surface area (Å²) in [6.07, 6.45) is 6.28. The number of hydrogen-bond donors (Lipinski definition) is 0. The van der Waals surface area contributed by atoms with Crippen molar-refractivity contribution in [1.29, 1.82) is 0 Å². The summed E-state index contributed by atoms with van der Waals surface area (Å²) in [6.45, 7) is 4.26. The van der Waals surface area contributed by atoms with Gasteiger partial charge in [0.1, 0.15) is 5.75 Å². The average Bonchev–Trinajstić information content (AvgIpc) is 2.62. The maximum absolute atomic E-state index is 12.6. The van der Waals surface area contributed by atoms with E-state index in [1.54, 1.807) is 7.11 Å². The highest BCUT2D eigenvalue weighted by Crippen LogP contribution is 2.22. The van der Waals surface area contributed by atoms with Gasteiger partial charge in [-0.2, -0.15) is 0 Å². The van der Waals surface area contributed by atoms with E-state index in [1.165, 1.54) is 32.4 Å². The van der Waals surface area contributed by atoms with Crippen LogP contribution in [0.5, 0.6) is 5.75 Å². The largest absolute Gasteiger partial charge is 0.497 e. The van der Waals surface area contributed by atoms with Gasteiger partial charge in [-0.25, -0.2) is 0 Å². The molecule has 1 aromatic carbocycles. The number of methoxy groups -OCH3 is 1. The molecule has 4 nitrogen and oxygen atoms in total. The van der Waals surface area contributed by atoms with Gasteiger partial charge in [-0.1, -0.05) is 6.42 Å². The van der Waals surface area contributed by atoms with E-state index in [0.29, 0.717) is 6.04 Å². The average molecular weight is 302 g/mol. The summed E-state index contributed by atoms with van der Waals surface area (Å²) in [4.78, 5) is 17.2. The second-order valence-electron chi connectivity index (χ2n) is 6.35. The number of likely N-dealkylation sites (tertiary alicyclic amines) is 2. The molecule has 3 rings (SSSR count). The molecule has 0 unspecified atom stereocenters. The predicted molar refractivity (Wildman–Crippen MR) is 87.3 cm³/mol. The summed E-state index contributed by atoms with van der Waals surface area (Å²) in [6, 6.07) is 8.11. The van der Waals surface area contributed by atoms with Crippen LogP contribution in [-0.4, -0.2) is 55.0 Å². The fraction of sp³-hybridized carbons (Fsp3) is 0.611. The van der Waals surface area contributed by atoms with Crippen LogP contribution < -0.4 is 4.74 Å². The number of carbonyl (C=O) groups excluding carboxylic acids is 1. The summed E-state index contributed by atoms with van der Waals surface area (Å²) in [5, 5.41) is 0. The van der Waals surface area contributed by atoms with Crippen LogP contribution in [-0.2, 0) is 0 Å². The Labute approximate surface area is 133 Å². The number of amides is 1. The molecule has 2 saturated heterocycles. The highest BCUT2D eigenvalue weighted by molar-refractivity contribution is 5.94. The Morgan fingerprint density at radius 2 is 1.64 bits per heavy atom. The van der Waals surface area contributed by atoms with Crippen LogP contribution in [0.1, 0.15) is 42.5 Å². The molecule has 4 heteroatoms. The first-order valence-electron chi connectivity index (χ1n) is 8.45. The van der Waals surface area contributed by atoms with Crippen LogP contribution in [0.25, 0.3) is 0 Å². The van der Waals surface area contributed by atoms with E-state index in [1.807, 2.05) is 29.2 Å². The second-order valence-corrected chi connectivity index (χ2v) is 6.35. The van der Waals surface area contributed by atoms with Crippen molar-refractivity contribution in [3.63, 3.8) is 0 Å². The molecule has 22 heavy (non-hydrogen) atoms. The maximum Gasteiger partial charge on any atom is 0.253 e.